The fourth-order valence-corrected chi connectivity index (χ4v) is 4.67. The van der Waals surface area contributed by atoms with Gasteiger partial charge in [0, 0.05) is 47.7 Å². The molecule has 0 saturated carbocycles. The van der Waals surface area contributed by atoms with Gasteiger partial charge >= 0.3 is 0 Å². The van der Waals surface area contributed by atoms with Gasteiger partial charge in [0.15, 0.2) is 0 Å². The highest BCUT2D eigenvalue weighted by Gasteiger charge is 2.21. The predicted octanol–water partition coefficient (Wildman–Crippen LogP) is 4.58. The fraction of sp³-hybridized carbons (Fsp3) is 0.350. The number of carbonyl (C=O) groups is 1. The largest absolute Gasteiger partial charge is 0.497 e. The lowest BCUT2D eigenvalue weighted by Gasteiger charge is -2.36. The maximum Gasteiger partial charge on any atom is 0.232 e. The number of anilines is 1. The van der Waals surface area contributed by atoms with E-state index < -0.39 is 0 Å². The molecule has 3 rings (SSSR count). The van der Waals surface area contributed by atoms with Gasteiger partial charge in [-0.05, 0) is 42.0 Å². The molecule has 0 bridgehead atoms. The van der Waals surface area contributed by atoms with Crippen molar-refractivity contribution in [1.29, 1.82) is 0 Å². The second-order valence-corrected chi connectivity index (χ2v) is 8.06. The lowest BCUT2D eigenvalue weighted by molar-refractivity contribution is -0.128. The Kier molecular flexibility index (Phi) is 7.16. The second kappa shape index (κ2) is 9.58. The molecule has 1 saturated heterocycles. The Morgan fingerprint density at radius 2 is 1.67 bits per heavy atom. The van der Waals surface area contributed by atoms with E-state index in [9.17, 15) is 4.79 Å². The Morgan fingerprint density at radius 1 is 1.04 bits per heavy atom. The van der Waals surface area contributed by atoms with Crippen molar-refractivity contribution in [3.63, 3.8) is 0 Å². The van der Waals surface area contributed by atoms with Crippen LogP contribution in [0.25, 0.3) is 0 Å². The minimum atomic E-state index is 0.164. The van der Waals surface area contributed by atoms with E-state index in [1.165, 1.54) is 0 Å². The lowest BCUT2D eigenvalue weighted by atomic mass is 10.2. The van der Waals surface area contributed by atoms with Crippen molar-refractivity contribution in [2.45, 2.75) is 5.75 Å². The van der Waals surface area contributed by atoms with Gasteiger partial charge < -0.3 is 14.5 Å². The molecule has 2 aromatic carbocycles. The molecule has 0 aliphatic carbocycles. The molecule has 0 radical (unpaired) electrons. The van der Waals surface area contributed by atoms with E-state index in [-0.39, 0.29) is 5.91 Å². The molecule has 0 N–H and O–H groups in total. The maximum atomic E-state index is 12.5. The molecule has 0 unspecified atom stereocenters. The van der Waals surface area contributed by atoms with Gasteiger partial charge in [-0.3, -0.25) is 4.79 Å². The van der Waals surface area contributed by atoms with Gasteiger partial charge in [-0.1, -0.05) is 29.3 Å². The van der Waals surface area contributed by atoms with Crippen LogP contribution >= 0.6 is 35.0 Å². The first kappa shape index (κ1) is 20.2. The summed E-state index contributed by atoms with van der Waals surface area (Å²) in [6, 6.07) is 13.5. The smallest absolute Gasteiger partial charge is 0.232 e. The summed E-state index contributed by atoms with van der Waals surface area (Å²) in [7, 11) is 1.66. The van der Waals surface area contributed by atoms with Crippen LogP contribution in [0, 0.1) is 0 Å². The fourth-order valence-electron chi connectivity index (χ4n) is 3.01. The third kappa shape index (κ3) is 5.24. The summed E-state index contributed by atoms with van der Waals surface area (Å²) in [4.78, 5) is 16.7. The van der Waals surface area contributed by atoms with Gasteiger partial charge in [0.05, 0.1) is 12.9 Å². The molecule has 0 aromatic heterocycles. The molecular formula is C20H22Cl2N2O2S. The number of thioether (sulfide) groups is 1. The molecule has 1 amide bonds. The van der Waals surface area contributed by atoms with Crippen molar-refractivity contribution in [2.24, 2.45) is 0 Å². The number of nitrogens with zero attached hydrogens (tertiary/aromatic N) is 2. The quantitative estimate of drug-likeness (QED) is 0.678. The minimum Gasteiger partial charge on any atom is -0.497 e. The van der Waals surface area contributed by atoms with Crippen LogP contribution in [0.5, 0.6) is 5.75 Å². The van der Waals surface area contributed by atoms with Crippen LogP contribution in [0.3, 0.4) is 0 Å². The summed E-state index contributed by atoms with van der Waals surface area (Å²) in [6.45, 7) is 3.13. The van der Waals surface area contributed by atoms with Crippen molar-refractivity contribution in [3.8, 4) is 5.75 Å². The zero-order valence-corrected chi connectivity index (χ0v) is 17.5. The van der Waals surface area contributed by atoms with Crippen molar-refractivity contribution < 1.29 is 9.53 Å². The maximum absolute atomic E-state index is 12.5. The van der Waals surface area contributed by atoms with E-state index in [0.29, 0.717) is 21.6 Å². The Morgan fingerprint density at radius 3 is 2.26 bits per heavy atom. The number of rotatable bonds is 6. The monoisotopic (exact) mass is 424 g/mol. The van der Waals surface area contributed by atoms with Crippen LogP contribution in [0.1, 0.15) is 5.56 Å². The highest BCUT2D eigenvalue weighted by Crippen LogP contribution is 2.28. The van der Waals surface area contributed by atoms with E-state index in [4.69, 9.17) is 27.9 Å². The molecule has 1 aliphatic heterocycles. The summed E-state index contributed by atoms with van der Waals surface area (Å²) >= 11 is 13.9. The third-order valence-corrected chi connectivity index (χ3v) is 6.26. The number of hydrogen-bond acceptors (Lipinski definition) is 4. The van der Waals surface area contributed by atoms with Crippen molar-refractivity contribution in [3.05, 3.63) is 58.1 Å². The van der Waals surface area contributed by atoms with E-state index in [0.717, 1.165) is 43.2 Å². The average molecular weight is 425 g/mol. The van der Waals surface area contributed by atoms with Gasteiger partial charge in [-0.2, -0.15) is 0 Å². The number of carbonyl (C=O) groups excluding carboxylic acids is 1. The van der Waals surface area contributed by atoms with E-state index in [1.54, 1.807) is 18.9 Å². The van der Waals surface area contributed by atoms with E-state index in [1.807, 2.05) is 35.2 Å². The third-order valence-electron chi connectivity index (χ3n) is 4.60. The normalized spacial score (nSPS) is 14.3. The van der Waals surface area contributed by atoms with Crippen molar-refractivity contribution in [1.82, 2.24) is 4.90 Å². The van der Waals surface area contributed by atoms with E-state index >= 15 is 0 Å². The molecule has 1 heterocycles. The highest BCUT2D eigenvalue weighted by molar-refractivity contribution is 7.99. The summed E-state index contributed by atoms with van der Waals surface area (Å²) in [6.07, 6.45) is 0. The number of piperazine rings is 1. The summed E-state index contributed by atoms with van der Waals surface area (Å²) < 4.78 is 5.20. The van der Waals surface area contributed by atoms with Crippen LogP contribution in [-0.2, 0) is 10.5 Å². The van der Waals surface area contributed by atoms with Crippen LogP contribution in [-0.4, -0.2) is 49.8 Å². The number of hydrogen-bond donors (Lipinski definition) is 0. The van der Waals surface area contributed by atoms with Gasteiger partial charge in [0.25, 0.3) is 0 Å². The number of methoxy groups -OCH3 is 1. The van der Waals surface area contributed by atoms with Gasteiger partial charge in [-0.15, -0.1) is 11.8 Å². The molecule has 2 aromatic rings. The first-order valence-corrected chi connectivity index (χ1v) is 10.7. The van der Waals surface area contributed by atoms with Crippen LogP contribution < -0.4 is 9.64 Å². The Bertz CT molecular complexity index is 758. The molecule has 144 valence electrons. The van der Waals surface area contributed by atoms with Crippen LogP contribution in [0.15, 0.2) is 42.5 Å². The SMILES string of the molecule is COc1ccc(N2CCN(C(=O)CSCc3c(Cl)cccc3Cl)CC2)cc1. The first-order valence-electron chi connectivity index (χ1n) is 8.76. The highest BCUT2D eigenvalue weighted by atomic mass is 35.5. The molecule has 0 spiro atoms. The Hall–Kier alpha value is -1.56. The molecule has 7 heteroatoms. The van der Waals surface area contributed by atoms with Gasteiger partial charge in [0.2, 0.25) is 5.91 Å². The minimum absolute atomic E-state index is 0.164. The van der Waals surface area contributed by atoms with Crippen molar-refractivity contribution >= 4 is 46.6 Å². The van der Waals surface area contributed by atoms with Crippen LogP contribution in [0.4, 0.5) is 5.69 Å². The number of benzene rings is 2. The number of halogens is 2. The summed E-state index contributed by atoms with van der Waals surface area (Å²) in [5.74, 6) is 2.08. The molecule has 27 heavy (non-hydrogen) atoms. The van der Waals surface area contributed by atoms with Gasteiger partial charge in [-0.25, -0.2) is 0 Å². The topological polar surface area (TPSA) is 32.8 Å². The number of ether oxygens (including phenoxy) is 1. The Balaban J connectivity index is 1.45. The van der Waals surface area contributed by atoms with Crippen LogP contribution in [0.2, 0.25) is 10.0 Å². The first-order chi connectivity index (χ1) is 13.1. The predicted molar refractivity (Wildman–Crippen MR) is 114 cm³/mol. The second-order valence-electron chi connectivity index (χ2n) is 6.26. The Labute approximate surface area is 174 Å². The standard InChI is InChI=1S/C20H22Cl2N2O2S/c1-26-16-7-5-15(6-8-16)23-9-11-24(12-10-23)20(25)14-27-13-17-18(21)3-2-4-19(17)22/h2-8H,9-14H2,1H3. The number of amides is 1. The average Bonchev–Trinajstić information content (AvgIpc) is 2.70. The zero-order valence-electron chi connectivity index (χ0n) is 15.2. The molecule has 4 nitrogen and oxygen atoms in total. The lowest BCUT2D eigenvalue weighted by Crippen LogP contribution is -2.49. The summed E-state index contributed by atoms with van der Waals surface area (Å²) in [5, 5.41) is 1.30. The molecular weight excluding hydrogens is 403 g/mol. The zero-order chi connectivity index (χ0) is 19.2. The van der Waals surface area contributed by atoms with Gasteiger partial charge in [0.1, 0.15) is 5.75 Å². The molecule has 1 aliphatic rings. The summed E-state index contributed by atoms with van der Waals surface area (Å²) in [5.41, 5.74) is 2.05. The molecule has 1 fully saturated rings. The van der Waals surface area contributed by atoms with E-state index in [2.05, 4.69) is 17.0 Å². The van der Waals surface area contributed by atoms with Crippen molar-refractivity contribution in [2.75, 3.05) is 43.9 Å². The molecule has 0 atom stereocenters.